The molecule has 3 rings (SSSR count). The van der Waals surface area contributed by atoms with Crippen LogP contribution in [-0.4, -0.2) is 4.98 Å². The molecule has 0 aliphatic heterocycles. The van der Waals surface area contributed by atoms with Gasteiger partial charge in [0.05, 0.1) is 10.2 Å². The fraction of sp³-hybridized carbons (Fsp3) is 0. The Labute approximate surface area is 97.4 Å². The van der Waals surface area contributed by atoms with Crippen molar-refractivity contribution in [2.75, 3.05) is 5.73 Å². The normalized spacial score (nSPS) is 10.8. The molecule has 0 aliphatic carbocycles. The van der Waals surface area contributed by atoms with E-state index in [9.17, 15) is 0 Å². The van der Waals surface area contributed by atoms with Crippen molar-refractivity contribution >= 4 is 26.7 Å². The van der Waals surface area contributed by atoms with Gasteiger partial charge in [0.15, 0.2) is 5.13 Å². The highest BCUT2D eigenvalue weighted by Gasteiger charge is 2.07. The monoisotopic (exact) mass is 226 g/mol. The Balaban J connectivity index is 2.31. The highest BCUT2D eigenvalue weighted by molar-refractivity contribution is 7.22. The number of hydrogen-bond donors (Lipinski definition) is 1. The quantitative estimate of drug-likeness (QED) is 0.689. The van der Waals surface area contributed by atoms with Gasteiger partial charge in [-0.3, -0.25) is 0 Å². The zero-order chi connectivity index (χ0) is 11.0. The molecule has 0 spiro atoms. The van der Waals surface area contributed by atoms with Gasteiger partial charge < -0.3 is 5.73 Å². The van der Waals surface area contributed by atoms with Crippen molar-refractivity contribution in [3.05, 3.63) is 48.5 Å². The van der Waals surface area contributed by atoms with E-state index in [1.54, 1.807) is 11.3 Å². The smallest absolute Gasteiger partial charge is 0.181 e. The Bertz CT molecular complexity index is 629. The Morgan fingerprint density at radius 3 is 2.56 bits per heavy atom. The molecule has 0 aliphatic rings. The molecule has 0 saturated carbocycles. The molecular weight excluding hydrogens is 216 g/mol. The highest BCUT2D eigenvalue weighted by Crippen LogP contribution is 2.33. The zero-order valence-corrected chi connectivity index (χ0v) is 9.37. The minimum absolute atomic E-state index is 0.624. The molecule has 1 heterocycles. The summed E-state index contributed by atoms with van der Waals surface area (Å²) < 4.78 is 1.16. The maximum atomic E-state index is 5.74. The average molecular weight is 226 g/mol. The van der Waals surface area contributed by atoms with Crippen molar-refractivity contribution in [3.8, 4) is 11.1 Å². The molecule has 3 aromatic rings. The van der Waals surface area contributed by atoms with Crippen LogP contribution in [0, 0.1) is 0 Å². The maximum Gasteiger partial charge on any atom is 0.181 e. The predicted octanol–water partition coefficient (Wildman–Crippen LogP) is 3.55. The largest absolute Gasteiger partial charge is 0.375 e. The van der Waals surface area contributed by atoms with Gasteiger partial charge in [-0.05, 0) is 11.6 Å². The second kappa shape index (κ2) is 3.61. The minimum Gasteiger partial charge on any atom is -0.375 e. The van der Waals surface area contributed by atoms with Crippen LogP contribution in [0.5, 0.6) is 0 Å². The van der Waals surface area contributed by atoms with Crippen LogP contribution in [0.1, 0.15) is 0 Å². The number of hydrogen-bond acceptors (Lipinski definition) is 3. The number of nitrogens with two attached hydrogens (primary N) is 1. The molecule has 3 heteroatoms. The Morgan fingerprint density at radius 1 is 0.938 bits per heavy atom. The summed E-state index contributed by atoms with van der Waals surface area (Å²) in [6.07, 6.45) is 0. The molecule has 1 aromatic heterocycles. The van der Waals surface area contributed by atoms with Crippen LogP contribution < -0.4 is 5.73 Å². The Hall–Kier alpha value is -1.87. The first-order chi connectivity index (χ1) is 7.84. The van der Waals surface area contributed by atoms with Gasteiger partial charge in [-0.2, -0.15) is 0 Å². The molecule has 0 amide bonds. The predicted molar refractivity (Wildman–Crippen MR) is 69.5 cm³/mol. The standard InChI is InChI=1S/C13H10N2S/c14-13-15-11-8-4-7-10(12(11)16-13)9-5-2-1-3-6-9/h1-8H,(H2,14,15). The summed E-state index contributed by atoms with van der Waals surface area (Å²) in [7, 11) is 0. The van der Waals surface area contributed by atoms with Crippen LogP contribution in [0.15, 0.2) is 48.5 Å². The first kappa shape index (κ1) is 9.36. The highest BCUT2D eigenvalue weighted by atomic mass is 32.1. The van der Waals surface area contributed by atoms with E-state index in [1.807, 2.05) is 30.3 Å². The second-order valence-electron chi connectivity index (χ2n) is 3.57. The molecule has 0 atom stereocenters. The van der Waals surface area contributed by atoms with Gasteiger partial charge in [-0.15, -0.1) is 0 Å². The molecule has 2 N–H and O–H groups in total. The first-order valence-electron chi connectivity index (χ1n) is 5.05. The van der Waals surface area contributed by atoms with Crippen molar-refractivity contribution in [1.29, 1.82) is 0 Å². The van der Waals surface area contributed by atoms with E-state index in [2.05, 4.69) is 23.2 Å². The first-order valence-corrected chi connectivity index (χ1v) is 5.87. The minimum atomic E-state index is 0.624. The molecule has 2 aromatic carbocycles. The summed E-state index contributed by atoms with van der Waals surface area (Å²) in [6, 6.07) is 16.4. The number of fused-ring (bicyclic) bond motifs is 1. The third-order valence-electron chi connectivity index (χ3n) is 2.52. The summed E-state index contributed by atoms with van der Waals surface area (Å²) in [5.74, 6) is 0. The fourth-order valence-electron chi connectivity index (χ4n) is 1.81. The third-order valence-corrected chi connectivity index (χ3v) is 3.45. The maximum absolute atomic E-state index is 5.74. The second-order valence-corrected chi connectivity index (χ2v) is 4.60. The number of thiazole rings is 1. The summed E-state index contributed by atoms with van der Waals surface area (Å²) in [5.41, 5.74) is 9.13. The lowest BCUT2D eigenvalue weighted by Gasteiger charge is -2.01. The lowest BCUT2D eigenvalue weighted by Crippen LogP contribution is -1.79. The van der Waals surface area contributed by atoms with E-state index in [1.165, 1.54) is 11.1 Å². The van der Waals surface area contributed by atoms with Crippen molar-refractivity contribution in [1.82, 2.24) is 4.98 Å². The summed E-state index contributed by atoms with van der Waals surface area (Å²) in [6.45, 7) is 0. The van der Waals surface area contributed by atoms with Gasteiger partial charge in [-0.1, -0.05) is 53.8 Å². The average Bonchev–Trinajstić information content (AvgIpc) is 2.70. The van der Waals surface area contributed by atoms with Gasteiger partial charge in [0, 0.05) is 5.56 Å². The summed E-state index contributed by atoms with van der Waals surface area (Å²) in [4.78, 5) is 4.30. The van der Waals surface area contributed by atoms with Crippen molar-refractivity contribution < 1.29 is 0 Å². The van der Waals surface area contributed by atoms with E-state index in [0.717, 1.165) is 10.2 Å². The number of aromatic nitrogens is 1. The number of nitrogens with zero attached hydrogens (tertiary/aromatic N) is 1. The van der Waals surface area contributed by atoms with Gasteiger partial charge in [0.25, 0.3) is 0 Å². The van der Waals surface area contributed by atoms with Crippen LogP contribution >= 0.6 is 11.3 Å². The van der Waals surface area contributed by atoms with Crippen LogP contribution in [0.3, 0.4) is 0 Å². The summed E-state index contributed by atoms with van der Waals surface area (Å²) in [5, 5.41) is 0.624. The van der Waals surface area contributed by atoms with Crippen molar-refractivity contribution in [3.63, 3.8) is 0 Å². The molecular formula is C13H10N2S. The lowest BCUT2D eigenvalue weighted by atomic mass is 10.1. The van der Waals surface area contributed by atoms with Gasteiger partial charge >= 0.3 is 0 Å². The fourth-order valence-corrected chi connectivity index (χ4v) is 2.68. The molecule has 0 radical (unpaired) electrons. The Morgan fingerprint density at radius 2 is 1.75 bits per heavy atom. The van der Waals surface area contributed by atoms with Crippen molar-refractivity contribution in [2.24, 2.45) is 0 Å². The van der Waals surface area contributed by atoms with E-state index in [4.69, 9.17) is 5.73 Å². The number of nitrogen functional groups attached to an aromatic ring is 1. The van der Waals surface area contributed by atoms with Crippen LogP contribution in [0.4, 0.5) is 5.13 Å². The molecule has 0 unspecified atom stereocenters. The third kappa shape index (κ3) is 1.46. The molecule has 2 nitrogen and oxygen atoms in total. The SMILES string of the molecule is Nc1nc2cccc(-c3ccccc3)c2s1. The zero-order valence-electron chi connectivity index (χ0n) is 8.55. The van der Waals surface area contributed by atoms with Crippen LogP contribution in [-0.2, 0) is 0 Å². The van der Waals surface area contributed by atoms with Gasteiger partial charge in [-0.25, -0.2) is 4.98 Å². The van der Waals surface area contributed by atoms with Gasteiger partial charge in [0.1, 0.15) is 0 Å². The molecule has 0 bridgehead atoms. The molecule has 78 valence electrons. The topological polar surface area (TPSA) is 38.9 Å². The Kier molecular flexibility index (Phi) is 2.11. The van der Waals surface area contributed by atoms with Gasteiger partial charge in [0.2, 0.25) is 0 Å². The number of benzene rings is 2. The van der Waals surface area contributed by atoms with Crippen LogP contribution in [0.2, 0.25) is 0 Å². The van der Waals surface area contributed by atoms with E-state index in [0.29, 0.717) is 5.13 Å². The van der Waals surface area contributed by atoms with Crippen molar-refractivity contribution in [2.45, 2.75) is 0 Å². The number of rotatable bonds is 1. The molecule has 16 heavy (non-hydrogen) atoms. The van der Waals surface area contributed by atoms with Crippen LogP contribution in [0.25, 0.3) is 21.3 Å². The number of anilines is 1. The van der Waals surface area contributed by atoms with E-state index in [-0.39, 0.29) is 0 Å². The molecule has 0 saturated heterocycles. The van der Waals surface area contributed by atoms with E-state index < -0.39 is 0 Å². The lowest BCUT2D eigenvalue weighted by molar-refractivity contribution is 1.49. The van der Waals surface area contributed by atoms with E-state index >= 15 is 0 Å². The molecule has 0 fully saturated rings. The summed E-state index contributed by atoms with van der Waals surface area (Å²) >= 11 is 1.54.